The van der Waals surface area contributed by atoms with Crippen LogP contribution >= 0.6 is 0 Å². The molecule has 100 valence electrons. The van der Waals surface area contributed by atoms with Crippen LogP contribution in [0.2, 0.25) is 0 Å². The van der Waals surface area contributed by atoms with E-state index < -0.39 is 5.97 Å². The molecule has 0 saturated carbocycles. The molecular formula is C15H22O3. The molecule has 18 heavy (non-hydrogen) atoms. The van der Waals surface area contributed by atoms with Crippen LogP contribution in [0.15, 0.2) is 24.3 Å². The first-order valence-electron chi connectivity index (χ1n) is 6.22. The topological polar surface area (TPSA) is 46.5 Å². The van der Waals surface area contributed by atoms with Crippen LogP contribution in [0.1, 0.15) is 33.3 Å². The summed E-state index contributed by atoms with van der Waals surface area (Å²) in [6.45, 7) is 8.67. The lowest BCUT2D eigenvalue weighted by atomic mass is 9.78. The average Bonchev–Trinajstić information content (AvgIpc) is 2.26. The second-order valence-corrected chi connectivity index (χ2v) is 5.80. The monoisotopic (exact) mass is 250 g/mol. The zero-order valence-corrected chi connectivity index (χ0v) is 11.6. The van der Waals surface area contributed by atoms with E-state index in [-0.39, 0.29) is 6.61 Å². The molecule has 0 aliphatic heterocycles. The molecule has 1 aromatic carbocycles. The van der Waals surface area contributed by atoms with Crippen molar-refractivity contribution in [1.29, 1.82) is 0 Å². The van der Waals surface area contributed by atoms with Gasteiger partial charge in [-0.3, -0.25) is 0 Å². The lowest BCUT2D eigenvalue weighted by molar-refractivity contribution is -0.139. The summed E-state index contributed by atoms with van der Waals surface area (Å²) < 4.78 is 5.10. The lowest BCUT2D eigenvalue weighted by Gasteiger charge is -2.27. The highest BCUT2D eigenvalue weighted by Crippen LogP contribution is 2.28. The summed E-state index contributed by atoms with van der Waals surface area (Å²) in [4.78, 5) is 10.4. The first kappa shape index (κ1) is 14.6. The minimum atomic E-state index is -0.958. The van der Waals surface area contributed by atoms with Gasteiger partial charge in [-0.2, -0.15) is 0 Å². The SMILES string of the molecule is CC(Cc1ccc(OCC(=O)O)cc1)C(C)(C)C. The van der Waals surface area contributed by atoms with Gasteiger partial charge >= 0.3 is 5.97 Å². The summed E-state index contributed by atoms with van der Waals surface area (Å²) >= 11 is 0. The van der Waals surface area contributed by atoms with Gasteiger partial charge in [-0.05, 0) is 35.4 Å². The van der Waals surface area contributed by atoms with Crippen LogP contribution in [0, 0.1) is 11.3 Å². The van der Waals surface area contributed by atoms with E-state index in [0.717, 1.165) is 6.42 Å². The Bertz CT molecular complexity index is 387. The van der Waals surface area contributed by atoms with Gasteiger partial charge in [0.25, 0.3) is 0 Å². The normalized spacial score (nSPS) is 13.1. The number of aliphatic carboxylic acids is 1. The highest BCUT2D eigenvalue weighted by Gasteiger charge is 2.19. The summed E-state index contributed by atoms with van der Waals surface area (Å²) in [5.74, 6) is 0.230. The van der Waals surface area contributed by atoms with Crippen LogP contribution in [-0.4, -0.2) is 17.7 Å². The lowest BCUT2D eigenvalue weighted by Crippen LogP contribution is -2.19. The second-order valence-electron chi connectivity index (χ2n) is 5.80. The number of hydrogen-bond acceptors (Lipinski definition) is 2. The predicted octanol–water partition coefficient (Wildman–Crippen LogP) is 3.37. The van der Waals surface area contributed by atoms with Gasteiger partial charge in [0.2, 0.25) is 0 Å². The molecule has 1 N–H and O–H groups in total. The molecule has 0 heterocycles. The Morgan fingerprint density at radius 1 is 1.28 bits per heavy atom. The fraction of sp³-hybridized carbons (Fsp3) is 0.533. The average molecular weight is 250 g/mol. The van der Waals surface area contributed by atoms with Gasteiger partial charge in [0.15, 0.2) is 6.61 Å². The third kappa shape index (κ3) is 4.78. The Morgan fingerprint density at radius 3 is 2.28 bits per heavy atom. The van der Waals surface area contributed by atoms with Gasteiger partial charge in [0.05, 0.1) is 0 Å². The van der Waals surface area contributed by atoms with Gasteiger partial charge < -0.3 is 9.84 Å². The summed E-state index contributed by atoms with van der Waals surface area (Å²) in [5.41, 5.74) is 1.54. The first-order chi connectivity index (χ1) is 8.29. The molecule has 3 heteroatoms. The quantitative estimate of drug-likeness (QED) is 0.871. The Balaban J connectivity index is 2.58. The van der Waals surface area contributed by atoms with Gasteiger partial charge in [-0.25, -0.2) is 4.79 Å². The minimum absolute atomic E-state index is 0.290. The molecule has 3 nitrogen and oxygen atoms in total. The highest BCUT2D eigenvalue weighted by molar-refractivity contribution is 5.68. The minimum Gasteiger partial charge on any atom is -0.482 e. The maximum absolute atomic E-state index is 10.4. The van der Waals surface area contributed by atoms with Crippen molar-refractivity contribution in [3.8, 4) is 5.75 Å². The highest BCUT2D eigenvalue weighted by atomic mass is 16.5. The van der Waals surface area contributed by atoms with Crippen molar-refractivity contribution in [3.05, 3.63) is 29.8 Å². The van der Waals surface area contributed by atoms with E-state index in [2.05, 4.69) is 27.7 Å². The van der Waals surface area contributed by atoms with Crippen molar-refractivity contribution < 1.29 is 14.6 Å². The Hall–Kier alpha value is -1.51. The van der Waals surface area contributed by atoms with Crippen molar-refractivity contribution in [1.82, 2.24) is 0 Å². The van der Waals surface area contributed by atoms with Crippen LogP contribution in [0.3, 0.4) is 0 Å². The van der Waals surface area contributed by atoms with E-state index in [9.17, 15) is 4.79 Å². The number of carbonyl (C=O) groups is 1. The standard InChI is InChI=1S/C15H22O3/c1-11(15(2,3)4)9-12-5-7-13(8-6-12)18-10-14(16)17/h5-8,11H,9-10H2,1-4H3,(H,16,17). The zero-order valence-electron chi connectivity index (χ0n) is 11.6. The third-order valence-electron chi connectivity index (χ3n) is 3.31. The van der Waals surface area contributed by atoms with Crippen molar-refractivity contribution in [3.63, 3.8) is 0 Å². The molecule has 1 atom stereocenters. The summed E-state index contributed by atoms with van der Waals surface area (Å²) in [5, 5.41) is 8.51. The number of carboxylic acids is 1. The van der Waals surface area contributed by atoms with Crippen molar-refractivity contribution >= 4 is 5.97 Å². The van der Waals surface area contributed by atoms with Crippen LogP contribution in [-0.2, 0) is 11.2 Å². The molecule has 0 fully saturated rings. The number of benzene rings is 1. The second kappa shape index (κ2) is 5.89. The van der Waals surface area contributed by atoms with E-state index in [1.165, 1.54) is 5.56 Å². The fourth-order valence-corrected chi connectivity index (χ4v) is 1.53. The number of hydrogen-bond donors (Lipinski definition) is 1. The van der Waals surface area contributed by atoms with E-state index in [1.54, 1.807) is 0 Å². The first-order valence-corrected chi connectivity index (χ1v) is 6.22. The van der Waals surface area contributed by atoms with Crippen LogP contribution in [0.4, 0.5) is 0 Å². The zero-order chi connectivity index (χ0) is 13.8. The predicted molar refractivity (Wildman–Crippen MR) is 71.9 cm³/mol. The van der Waals surface area contributed by atoms with Crippen LogP contribution < -0.4 is 4.74 Å². The molecule has 0 aromatic heterocycles. The van der Waals surface area contributed by atoms with Crippen molar-refractivity contribution in [2.75, 3.05) is 6.61 Å². The molecule has 1 unspecified atom stereocenters. The maximum atomic E-state index is 10.4. The van der Waals surface area contributed by atoms with Gasteiger partial charge in [0.1, 0.15) is 5.75 Å². The summed E-state index contributed by atoms with van der Waals surface area (Å²) in [7, 11) is 0. The molecule has 0 saturated heterocycles. The Labute approximate surface area is 109 Å². The fourth-order valence-electron chi connectivity index (χ4n) is 1.53. The van der Waals surface area contributed by atoms with E-state index in [1.807, 2.05) is 24.3 Å². The molecule has 0 aliphatic rings. The van der Waals surface area contributed by atoms with Gasteiger partial charge in [0, 0.05) is 0 Å². The van der Waals surface area contributed by atoms with E-state index in [4.69, 9.17) is 9.84 Å². The molecule has 0 bridgehead atoms. The van der Waals surface area contributed by atoms with Crippen molar-refractivity contribution in [2.45, 2.75) is 34.1 Å². The molecule has 0 amide bonds. The Morgan fingerprint density at radius 2 is 1.83 bits per heavy atom. The largest absolute Gasteiger partial charge is 0.482 e. The Kier molecular flexibility index (Phi) is 4.76. The molecule has 1 rings (SSSR count). The third-order valence-corrected chi connectivity index (χ3v) is 3.31. The molecule has 0 aliphatic carbocycles. The van der Waals surface area contributed by atoms with E-state index >= 15 is 0 Å². The maximum Gasteiger partial charge on any atom is 0.341 e. The molecule has 0 radical (unpaired) electrons. The molecule has 1 aromatic rings. The molecular weight excluding hydrogens is 228 g/mol. The number of ether oxygens (including phenoxy) is 1. The molecule has 0 spiro atoms. The van der Waals surface area contributed by atoms with Crippen LogP contribution in [0.5, 0.6) is 5.75 Å². The van der Waals surface area contributed by atoms with Crippen LogP contribution in [0.25, 0.3) is 0 Å². The smallest absolute Gasteiger partial charge is 0.341 e. The van der Waals surface area contributed by atoms with Gasteiger partial charge in [-0.1, -0.05) is 39.8 Å². The van der Waals surface area contributed by atoms with E-state index in [0.29, 0.717) is 17.1 Å². The number of rotatable bonds is 5. The summed E-state index contributed by atoms with van der Waals surface area (Å²) in [6, 6.07) is 7.65. The van der Waals surface area contributed by atoms with Crippen molar-refractivity contribution in [2.24, 2.45) is 11.3 Å². The van der Waals surface area contributed by atoms with Gasteiger partial charge in [-0.15, -0.1) is 0 Å². The number of carboxylic acid groups (broad SMARTS) is 1. The summed E-state index contributed by atoms with van der Waals surface area (Å²) in [6.07, 6.45) is 1.02.